The molecule has 0 aromatic carbocycles. The second kappa shape index (κ2) is 25.4. The summed E-state index contributed by atoms with van der Waals surface area (Å²) in [6.07, 6.45) is 36.0. The monoisotopic (exact) mass is 562 g/mol. The van der Waals surface area contributed by atoms with Crippen molar-refractivity contribution in [2.45, 2.75) is 181 Å². The van der Waals surface area contributed by atoms with Crippen LogP contribution in [0.1, 0.15) is 181 Å². The normalized spacial score (nSPS) is 20.6. The smallest absolute Gasteiger partial charge is 0.303 e. The Kier molecular flexibility index (Phi) is 23.3. The van der Waals surface area contributed by atoms with Crippen LogP contribution in [0.2, 0.25) is 0 Å². The van der Waals surface area contributed by atoms with Gasteiger partial charge in [0.15, 0.2) is 0 Å². The van der Waals surface area contributed by atoms with Crippen molar-refractivity contribution >= 4 is 11.9 Å². The average Bonchev–Trinajstić information content (AvgIpc) is 2.92. The number of carboxylic acids is 2. The molecule has 4 unspecified atom stereocenters. The Labute approximate surface area is 248 Å². The molecule has 0 heterocycles. The zero-order chi connectivity index (χ0) is 29.3. The first-order valence-corrected chi connectivity index (χ1v) is 17.6. The Morgan fingerprint density at radius 1 is 0.450 bits per heavy atom. The van der Waals surface area contributed by atoms with Crippen molar-refractivity contribution in [3.8, 4) is 0 Å². The van der Waals surface area contributed by atoms with Gasteiger partial charge < -0.3 is 10.2 Å². The predicted octanol–water partition coefficient (Wildman–Crippen LogP) is 11.4. The third-order valence-electron chi connectivity index (χ3n) is 9.39. The van der Waals surface area contributed by atoms with Gasteiger partial charge in [0.1, 0.15) is 0 Å². The number of aliphatic carboxylic acids is 2. The van der Waals surface area contributed by atoms with Crippen molar-refractivity contribution in [3.63, 3.8) is 0 Å². The summed E-state index contributed by atoms with van der Waals surface area (Å²) in [5.74, 6) is 1.84. The van der Waals surface area contributed by atoms with Gasteiger partial charge in [-0.15, -0.1) is 0 Å². The maximum Gasteiger partial charge on any atom is 0.303 e. The van der Waals surface area contributed by atoms with Crippen LogP contribution in [-0.4, -0.2) is 22.2 Å². The van der Waals surface area contributed by atoms with Crippen molar-refractivity contribution in [2.24, 2.45) is 23.7 Å². The van der Waals surface area contributed by atoms with Gasteiger partial charge in [0.2, 0.25) is 0 Å². The molecule has 1 aliphatic carbocycles. The minimum absolute atomic E-state index is 0.316. The van der Waals surface area contributed by atoms with Crippen LogP contribution >= 0.6 is 0 Å². The highest BCUT2D eigenvalue weighted by molar-refractivity contribution is 5.66. The van der Waals surface area contributed by atoms with Crippen LogP contribution in [0.15, 0.2) is 12.2 Å². The molecule has 0 aliphatic heterocycles. The van der Waals surface area contributed by atoms with Gasteiger partial charge in [0.25, 0.3) is 0 Å². The predicted molar refractivity (Wildman–Crippen MR) is 170 cm³/mol. The van der Waals surface area contributed by atoms with E-state index in [-0.39, 0.29) is 0 Å². The van der Waals surface area contributed by atoms with Crippen LogP contribution in [0.5, 0.6) is 0 Å². The van der Waals surface area contributed by atoms with Gasteiger partial charge >= 0.3 is 11.9 Å². The van der Waals surface area contributed by atoms with E-state index in [4.69, 9.17) is 10.2 Å². The second-order valence-electron chi connectivity index (χ2n) is 12.8. The Balaban J connectivity index is 2.67. The van der Waals surface area contributed by atoms with Crippen molar-refractivity contribution in [3.05, 3.63) is 12.2 Å². The van der Waals surface area contributed by atoms with Crippen LogP contribution < -0.4 is 0 Å². The number of unbranched alkanes of at least 4 members (excludes halogenated alkanes) is 16. The molecule has 2 N–H and O–H groups in total. The van der Waals surface area contributed by atoms with Gasteiger partial charge in [0, 0.05) is 12.8 Å². The van der Waals surface area contributed by atoms with E-state index in [9.17, 15) is 9.59 Å². The first-order valence-electron chi connectivity index (χ1n) is 17.6. The Morgan fingerprint density at radius 2 is 0.750 bits per heavy atom. The van der Waals surface area contributed by atoms with E-state index >= 15 is 0 Å². The van der Waals surface area contributed by atoms with E-state index in [2.05, 4.69) is 26.0 Å². The Bertz CT molecular complexity index is 643. The SMILES string of the molecule is CCCCCCCC1C(CCCCC)C=CC(CCCCCCCCC(=O)O)C1CCCCCCCCC(=O)O. The molecule has 1 rings (SSSR count). The van der Waals surface area contributed by atoms with Crippen LogP contribution in [0.25, 0.3) is 0 Å². The van der Waals surface area contributed by atoms with Crippen molar-refractivity contribution in [1.29, 1.82) is 0 Å². The highest BCUT2D eigenvalue weighted by atomic mass is 16.4. The summed E-state index contributed by atoms with van der Waals surface area (Å²) >= 11 is 0. The molecule has 0 radical (unpaired) electrons. The molecule has 0 saturated carbocycles. The quantitative estimate of drug-likeness (QED) is 0.0734. The fourth-order valence-electron chi connectivity index (χ4n) is 7.02. The first-order chi connectivity index (χ1) is 19.5. The summed E-state index contributed by atoms with van der Waals surface area (Å²) in [7, 11) is 0. The molecule has 4 atom stereocenters. The minimum Gasteiger partial charge on any atom is -0.481 e. The lowest BCUT2D eigenvalue weighted by Gasteiger charge is -2.41. The third kappa shape index (κ3) is 18.9. The fourth-order valence-corrected chi connectivity index (χ4v) is 7.02. The molecule has 234 valence electrons. The minimum atomic E-state index is -0.666. The van der Waals surface area contributed by atoms with Gasteiger partial charge in [-0.25, -0.2) is 0 Å². The number of carbonyl (C=O) groups is 2. The van der Waals surface area contributed by atoms with Crippen molar-refractivity contribution < 1.29 is 19.8 Å². The van der Waals surface area contributed by atoms with Crippen molar-refractivity contribution in [1.82, 2.24) is 0 Å². The van der Waals surface area contributed by atoms with Crippen LogP contribution in [0.4, 0.5) is 0 Å². The topological polar surface area (TPSA) is 74.6 Å². The number of hydrogen-bond donors (Lipinski definition) is 2. The Hall–Kier alpha value is -1.32. The molecule has 0 aromatic rings. The molecule has 0 aromatic heterocycles. The summed E-state index contributed by atoms with van der Waals surface area (Å²) < 4.78 is 0. The molecular weight excluding hydrogens is 496 g/mol. The van der Waals surface area contributed by atoms with Crippen LogP contribution in [-0.2, 0) is 9.59 Å². The van der Waals surface area contributed by atoms with E-state index in [0.717, 1.165) is 49.4 Å². The number of rotatable bonds is 28. The summed E-state index contributed by atoms with van der Waals surface area (Å²) in [6, 6.07) is 0. The molecule has 0 saturated heterocycles. The maximum atomic E-state index is 10.8. The van der Waals surface area contributed by atoms with Crippen LogP contribution in [0, 0.1) is 23.7 Å². The van der Waals surface area contributed by atoms with Gasteiger partial charge in [0.05, 0.1) is 0 Å². The summed E-state index contributed by atoms with van der Waals surface area (Å²) in [4.78, 5) is 21.5. The van der Waals surface area contributed by atoms with E-state index in [0.29, 0.717) is 12.8 Å². The highest BCUT2D eigenvalue weighted by Crippen LogP contribution is 2.44. The summed E-state index contributed by atoms with van der Waals surface area (Å²) in [6.45, 7) is 4.62. The molecular formula is C36H66O4. The molecule has 4 heteroatoms. The van der Waals surface area contributed by atoms with E-state index < -0.39 is 11.9 Å². The zero-order valence-corrected chi connectivity index (χ0v) is 26.6. The molecule has 0 spiro atoms. The standard InChI is InChI=1S/C36H66O4/c1-3-5-7-12-19-25-33-31(23-17-6-4-2)29-30-32(24-18-13-8-10-15-21-27-35(37)38)34(33)26-20-14-9-11-16-22-28-36(39)40/h29-34H,3-28H2,1-2H3,(H,37,38)(H,39,40). The zero-order valence-electron chi connectivity index (χ0n) is 26.6. The van der Waals surface area contributed by atoms with Gasteiger partial charge in [-0.3, -0.25) is 9.59 Å². The van der Waals surface area contributed by atoms with E-state index in [1.165, 1.54) is 128 Å². The molecule has 1 aliphatic rings. The highest BCUT2D eigenvalue weighted by Gasteiger charge is 2.34. The van der Waals surface area contributed by atoms with Crippen LogP contribution in [0.3, 0.4) is 0 Å². The summed E-state index contributed by atoms with van der Waals surface area (Å²) in [5, 5.41) is 17.7. The fraction of sp³-hybridized carbons (Fsp3) is 0.889. The molecule has 4 nitrogen and oxygen atoms in total. The van der Waals surface area contributed by atoms with Gasteiger partial charge in [-0.05, 0) is 62.2 Å². The average molecular weight is 563 g/mol. The number of carboxylic acid groups (broad SMARTS) is 2. The molecule has 0 amide bonds. The van der Waals surface area contributed by atoms with E-state index in [1.54, 1.807) is 0 Å². The molecule has 40 heavy (non-hydrogen) atoms. The maximum absolute atomic E-state index is 10.8. The summed E-state index contributed by atoms with van der Waals surface area (Å²) in [5.41, 5.74) is 0. The van der Waals surface area contributed by atoms with Gasteiger partial charge in [-0.1, -0.05) is 142 Å². The second-order valence-corrected chi connectivity index (χ2v) is 12.8. The molecule has 0 bridgehead atoms. The lowest BCUT2D eigenvalue weighted by atomic mass is 9.64. The molecule has 0 fully saturated rings. The van der Waals surface area contributed by atoms with Gasteiger partial charge in [-0.2, -0.15) is 0 Å². The third-order valence-corrected chi connectivity index (χ3v) is 9.39. The van der Waals surface area contributed by atoms with Crippen molar-refractivity contribution in [2.75, 3.05) is 0 Å². The first kappa shape index (κ1) is 36.7. The largest absolute Gasteiger partial charge is 0.481 e. The number of allylic oxidation sites excluding steroid dienone is 2. The van der Waals surface area contributed by atoms with E-state index in [1.807, 2.05) is 0 Å². The lowest BCUT2D eigenvalue weighted by Crippen LogP contribution is -2.32. The Morgan fingerprint density at radius 3 is 1.15 bits per heavy atom. The lowest BCUT2D eigenvalue weighted by molar-refractivity contribution is -0.138. The number of hydrogen-bond acceptors (Lipinski definition) is 2.